The molecule has 1 saturated heterocycles. The van der Waals surface area contributed by atoms with Crippen molar-refractivity contribution in [2.24, 2.45) is 7.05 Å². The Morgan fingerprint density at radius 1 is 0.895 bits per heavy atom. The fraction of sp³-hybridized carbons (Fsp3) is 0.444. The number of piperazine rings is 1. The van der Waals surface area contributed by atoms with Gasteiger partial charge in [0.2, 0.25) is 0 Å². The molecule has 0 spiro atoms. The van der Waals surface area contributed by atoms with E-state index in [-0.39, 0.29) is 43.0 Å². The Hall–Kier alpha value is -2.76. The molecule has 0 radical (unpaired) electrons. The number of halogens is 3. The van der Waals surface area contributed by atoms with Crippen LogP contribution in [0.4, 0.5) is 8.78 Å². The van der Waals surface area contributed by atoms with Crippen molar-refractivity contribution in [3.63, 3.8) is 0 Å². The number of hydrogen-bond acceptors (Lipinski definition) is 6. The van der Waals surface area contributed by atoms with Crippen molar-refractivity contribution in [1.29, 1.82) is 0 Å². The maximum absolute atomic E-state index is 14.1. The first-order valence-corrected chi connectivity index (χ1v) is 12.4. The van der Waals surface area contributed by atoms with Crippen LogP contribution < -0.4 is 10.1 Å². The van der Waals surface area contributed by atoms with Gasteiger partial charge in [0.1, 0.15) is 6.61 Å². The van der Waals surface area contributed by atoms with Crippen LogP contribution in [0.25, 0.3) is 10.9 Å². The normalized spacial score (nSPS) is 13.5. The van der Waals surface area contributed by atoms with Gasteiger partial charge in [-0.25, -0.2) is 8.78 Å². The Bertz CT molecular complexity index is 1170. The zero-order valence-electron chi connectivity index (χ0n) is 21.4. The van der Waals surface area contributed by atoms with Crippen LogP contribution in [-0.2, 0) is 27.9 Å². The monoisotopic (exact) mass is 553 g/mol. The molecule has 1 aromatic heterocycles. The molecule has 0 unspecified atom stereocenters. The van der Waals surface area contributed by atoms with Gasteiger partial charge < -0.3 is 33.7 Å². The average molecular weight is 554 g/mol. The smallest absolute Gasteiger partial charge is 0.274 e. The Kier molecular flexibility index (Phi) is 11.8. The van der Waals surface area contributed by atoms with Crippen LogP contribution in [-0.4, -0.2) is 81.2 Å². The molecule has 1 fully saturated rings. The summed E-state index contributed by atoms with van der Waals surface area (Å²) in [6, 6.07) is 12.1. The molecule has 2 heterocycles. The van der Waals surface area contributed by atoms with Crippen LogP contribution in [0.1, 0.15) is 16.1 Å². The second kappa shape index (κ2) is 15.0. The highest BCUT2D eigenvalue weighted by molar-refractivity contribution is 6.04. The van der Waals surface area contributed by atoms with Crippen molar-refractivity contribution < 1.29 is 32.5 Å². The van der Waals surface area contributed by atoms with Crippen LogP contribution in [0.15, 0.2) is 42.5 Å². The van der Waals surface area contributed by atoms with E-state index in [0.717, 1.165) is 17.7 Å². The zero-order valence-corrected chi connectivity index (χ0v) is 22.2. The van der Waals surface area contributed by atoms with E-state index in [4.69, 9.17) is 18.9 Å². The summed E-state index contributed by atoms with van der Waals surface area (Å²) in [6.45, 7) is 5.10. The summed E-state index contributed by atoms with van der Waals surface area (Å²) < 4.78 is 52.2. The standard InChI is InChI=1S/C27H33F2N3O5.ClH/c1-31-24-18-23(29)22(28)17-21(24)26(25(31)27(33)32-9-7-30-8-10-32)37-16-15-35-12-11-34-13-14-36-19-20-5-3-2-4-6-20;/h2-6,17-18,30H,7-16,19H2,1H3;1H. The predicted molar refractivity (Wildman–Crippen MR) is 142 cm³/mol. The second-order valence-corrected chi connectivity index (χ2v) is 8.67. The lowest BCUT2D eigenvalue weighted by molar-refractivity contribution is 0.00597. The van der Waals surface area contributed by atoms with Gasteiger partial charge in [-0.1, -0.05) is 30.3 Å². The van der Waals surface area contributed by atoms with Gasteiger partial charge in [-0.15, -0.1) is 12.4 Å². The zero-order chi connectivity index (χ0) is 26.0. The van der Waals surface area contributed by atoms with E-state index >= 15 is 0 Å². The number of benzene rings is 2. The Labute approximate surface area is 227 Å². The van der Waals surface area contributed by atoms with Crippen LogP contribution in [0, 0.1) is 11.6 Å². The molecule has 1 aliphatic rings. The molecule has 11 heteroatoms. The molecule has 8 nitrogen and oxygen atoms in total. The summed E-state index contributed by atoms with van der Waals surface area (Å²) in [6.07, 6.45) is 0. The van der Waals surface area contributed by atoms with Crippen LogP contribution >= 0.6 is 12.4 Å². The second-order valence-electron chi connectivity index (χ2n) is 8.67. The molecule has 208 valence electrons. The van der Waals surface area contributed by atoms with E-state index in [1.54, 1.807) is 16.5 Å². The first kappa shape index (κ1) is 29.8. The number of fused-ring (bicyclic) bond motifs is 1. The fourth-order valence-electron chi connectivity index (χ4n) is 4.21. The Balaban J connectivity index is 0.00000400. The maximum atomic E-state index is 14.1. The highest BCUT2D eigenvalue weighted by Gasteiger charge is 2.28. The highest BCUT2D eigenvalue weighted by atomic mass is 35.5. The molecule has 4 rings (SSSR count). The maximum Gasteiger partial charge on any atom is 0.274 e. The minimum Gasteiger partial charge on any atom is -0.488 e. The van der Waals surface area contributed by atoms with Crippen LogP contribution in [0.5, 0.6) is 5.75 Å². The molecular formula is C27H34ClF2N3O5. The summed E-state index contributed by atoms with van der Waals surface area (Å²) in [7, 11) is 1.65. The van der Waals surface area contributed by atoms with Crippen molar-refractivity contribution >= 4 is 29.2 Å². The largest absolute Gasteiger partial charge is 0.488 e. The minimum atomic E-state index is -0.995. The third-order valence-corrected chi connectivity index (χ3v) is 6.13. The van der Waals surface area contributed by atoms with Gasteiger partial charge >= 0.3 is 0 Å². The number of nitrogens with one attached hydrogen (secondary N) is 1. The minimum absolute atomic E-state index is 0. The van der Waals surface area contributed by atoms with E-state index < -0.39 is 11.6 Å². The molecule has 0 atom stereocenters. The summed E-state index contributed by atoms with van der Waals surface area (Å²) in [4.78, 5) is 15.0. The average Bonchev–Trinajstić information content (AvgIpc) is 3.18. The van der Waals surface area contributed by atoms with Gasteiger partial charge in [-0.2, -0.15) is 0 Å². The quantitative estimate of drug-likeness (QED) is 0.326. The van der Waals surface area contributed by atoms with Gasteiger partial charge in [0, 0.05) is 44.7 Å². The number of aromatic nitrogens is 1. The van der Waals surface area contributed by atoms with Crippen molar-refractivity contribution in [2.45, 2.75) is 6.61 Å². The number of ether oxygens (including phenoxy) is 4. The summed E-state index contributed by atoms with van der Waals surface area (Å²) in [5, 5.41) is 3.55. The summed E-state index contributed by atoms with van der Waals surface area (Å²) in [5.41, 5.74) is 1.76. The number of nitrogens with zero attached hydrogens (tertiary/aromatic N) is 2. The Morgan fingerprint density at radius 3 is 2.18 bits per heavy atom. The molecule has 0 aliphatic carbocycles. The summed E-state index contributed by atoms with van der Waals surface area (Å²) in [5.74, 6) is -1.98. The van der Waals surface area contributed by atoms with E-state index in [0.29, 0.717) is 70.1 Å². The van der Waals surface area contributed by atoms with Crippen molar-refractivity contribution in [2.75, 3.05) is 65.8 Å². The molecular weight excluding hydrogens is 520 g/mol. The molecule has 3 aromatic rings. The van der Waals surface area contributed by atoms with Gasteiger partial charge in [0.15, 0.2) is 23.1 Å². The van der Waals surface area contributed by atoms with Gasteiger partial charge in [0.25, 0.3) is 5.91 Å². The molecule has 1 aliphatic heterocycles. The topological polar surface area (TPSA) is 74.2 Å². The third-order valence-electron chi connectivity index (χ3n) is 6.13. The van der Waals surface area contributed by atoms with E-state index in [1.807, 2.05) is 30.3 Å². The number of amides is 1. The number of carbonyl (C=O) groups is 1. The number of carbonyl (C=O) groups excluding carboxylic acids is 1. The number of rotatable bonds is 13. The lowest BCUT2D eigenvalue weighted by Crippen LogP contribution is -2.46. The SMILES string of the molecule is Cl.Cn1c(C(=O)N2CCNCC2)c(OCCOCCOCCOCc2ccccc2)c2cc(F)c(F)cc21. The highest BCUT2D eigenvalue weighted by Crippen LogP contribution is 2.35. The predicted octanol–water partition coefficient (Wildman–Crippen LogP) is 3.55. The molecule has 2 aromatic carbocycles. The van der Waals surface area contributed by atoms with Gasteiger partial charge in [-0.05, 0) is 11.6 Å². The first-order chi connectivity index (χ1) is 18.1. The third kappa shape index (κ3) is 7.64. The summed E-state index contributed by atoms with van der Waals surface area (Å²) >= 11 is 0. The van der Waals surface area contributed by atoms with E-state index in [2.05, 4.69) is 5.32 Å². The lowest BCUT2D eigenvalue weighted by atomic mass is 10.2. The van der Waals surface area contributed by atoms with E-state index in [9.17, 15) is 13.6 Å². The molecule has 38 heavy (non-hydrogen) atoms. The first-order valence-electron chi connectivity index (χ1n) is 12.4. The molecule has 1 N–H and O–H groups in total. The van der Waals surface area contributed by atoms with Gasteiger partial charge in [0.05, 0.1) is 45.2 Å². The van der Waals surface area contributed by atoms with Crippen LogP contribution in [0.2, 0.25) is 0 Å². The molecule has 0 bridgehead atoms. The van der Waals surface area contributed by atoms with Crippen molar-refractivity contribution in [3.05, 3.63) is 65.4 Å². The van der Waals surface area contributed by atoms with E-state index in [1.165, 1.54) is 0 Å². The molecule has 0 saturated carbocycles. The fourth-order valence-corrected chi connectivity index (χ4v) is 4.21. The van der Waals surface area contributed by atoms with Crippen molar-refractivity contribution in [1.82, 2.24) is 14.8 Å². The molecule has 1 amide bonds. The van der Waals surface area contributed by atoms with Gasteiger partial charge in [-0.3, -0.25) is 4.79 Å². The number of aryl methyl sites for hydroxylation is 1. The van der Waals surface area contributed by atoms with Crippen molar-refractivity contribution in [3.8, 4) is 5.75 Å². The number of hydrogen-bond donors (Lipinski definition) is 1. The Morgan fingerprint density at radius 2 is 1.50 bits per heavy atom. The van der Waals surface area contributed by atoms with Crippen LogP contribution in [0.3, 0.4) is 0 Å². The lowest BCUT2D eigenvalue weighted by Gasteiger charge is -2.27.